The van der Waals surface area contributed by atoms with Gasteiger partial charge in [0.15, 0.2) is 0 Å². The van der Waals surface area contributed by atoms with Crippen molar-refractivity contribution in [2.75, 3.05) is 13.6 Å². The SMILES string of the molecule is CNC(C)CNC(=O)CCc1nc(-c2ccc(C(C)C)cc2)no1.Cl. The van der Waals surface area contributed by atoms with Gasteiger partial charge in [-0.15, -0.1) is 12.4 Å². The van der Waals surface area contributed by atoms with E-state index in [0.29, 0.717) is 37.0 Å². The maximum atomic E-state index is 11.8. The number of aromatic nitrogens is 2. The molecule has 1 amide bonds. The van der Waals surface area contributed by atoms with E-state index in [4.69, 9.17) is 4.52 Å². The van der Waals surface area contributed by atoms with Crippen LogP contribution in [0.5, 0.6) is 0 Å². The van der Waals surface area contributed by atoms with Crippen molar-refractivity contribution in [2.24, 2.45) is 0 Å². The van der Waals surface area contributed by atoms with E-state index in [9.17, 15) is 4.79 Å². The number of hydrogen-bond acceptors (Lipinski definition) is 5. The summed E-state index contributed by atoms with van der Waals surface area (Å²) < 4.78 is 5.24. The predicted octanol–water partition coefficient (Wildman–Crippen LogP) is 2.94. The van der Waals surface area contributed by atoms with Crippen LogP contribution in [0.15, 0.2) is 28.8 Å². The lowest BCUT2D eigenvalue weighted by Crippen LogP contribution is -2.37. The van der Waals surface area contributed by atoms with Crippen LogP contribution in [0.2, 0.25) is 0 Å². The van der Waals surface area contributed by atoms with Crippen molar-refractivity contribution < 1.29 is 9.32 Å². The number of nitrogens with zero attached hydrogens (tertiary/aromatic N) is 2. The number of nitrogens with one attached hydrogen (secondary N) is 2. The van der Waals surface area contributed by atoms with E-state index < -0.39 is 0 Å². The van der Waals surface area contributed by atoms with E-state index in [-0.39, 0.29) is 24.4 Å². The maximum Gasteiger partial charge on any atom is 0.227 e. The number of carbonyl (C=O) groups excluding carboxylic acids is 1. The fourth-order valence-corrected chi connectivity index (χ4v) is 2.17. The van der Waals surface area contributed by atoms with Gasteiger partial charge in [0.2, 0.25) is 17.6 Å². The van der Waals surface area contributed by atoms with Crippen LogP contribution in [-0.4, -0.2) is 35.7 Å². The molecule has 1 heterocycles. The van der Waals surface area contributed by atoms with Gasteiger partial charge in [-0.25, -0.2) is 0 Å². The first kappa shape index (κ1) is 21.1. The summed E-state index contributed by atoms with van der Waals surface area (Å²) in [5.74, 6) is 1.52. The minimum atomic E-state index is -0.0156. The Kier molecular flexibility index (Phi) is 8.58. The highest BCUT2D eigenvalue weighted by atomic mass is 35.5. The van der Waals surface area contributed by atoms with Crippen LogP contribution < -0.4 is 10.6 Å². The van der Waals surface area contributed by atoms with Gasteiger partial charge in [-0.3, -0.25) is 4.79 Å². The van der Waals surface area contributed by atoms with Gasteiger partial charge in [-0.1, -0.05) is 43.3 Å². The van der Waals surface area contributed by atoms with Crippen molar-refractivity contribution in [3.63, 3.8) is 0 Å². The fourth-order valence-electron chi connectivity index (χ4n) is 2.17. The van der Waals surface area contributed by atoms with Gasteiger partial charge in [-0.2, -0.15) is 4.98 Å². The lowest BCUT2D eigenvalue weighted by molar-refractivity contribution is -0.121. The van der Waals surface area contributed by atoms with Crippen LogP contribution in [0, 0.1) is 0 Å². The van der Waals surface area contributed by atoms with Crippen LogP contribution in [-0.2, 0) is 11.2 Å². The highest BCUT2D eigenvalue weighted by Crippen LogP contribution is 2.20. The normalized spacial score (nSPS) is 11.9. The summed E-state index contributed by atoms with van der Waals surface area (Å²) in [7, 11) is 1.87. The molecule has 6 nitrogen and oxygen atoms in total. The van der Waals surface area contributed by atoms with E-state index in [2.05, 4.69) is 46.8 Å². The van der Waals surface area contributed by atoms with Crippen molar-refractivity contribution in [3.8, 4) is 11.4 Å². The van der Waals surface area contributed by atoms with E-state index in [0.717, 1.165) is 5.56 Å². The van der Waals surface area contributed by atoms with E-state index in [1.54, 1.807) is 0 Å². The molecule has 1 atom stereocenters. The molecule has 7 heteroatoms. The number of amides is 1. The van der Waals surface area contributed by atoms with Crippen molar-refractivity contribution in [1.29, 1.82) is 0 Å². The van der Waals surface area contributed by atoms with E-state index in [1.165, 1.54) is 5.56 Å². The zero-order valence-corrected chi connectivity index (χ0v) is 16.0. The molecule has 2 N–H and O–H groups in total. The first-order valence-corrected chi connectivity index (χ1v) is 8.36. The second-order valence-electron chi connectivity index (χ2n) is 6.28. The molecule has 1 aromatic heterocycles. The summed E-state index contributed by atoms with van der Waals surface area (Å²) in [4.78, 5) is 16.2. The van der Waals surface area contributed by atoms with Gasteiger partial charge in [-0.05, 0) is 25.5 Å². The van der Waals surface area contributed by atoms with Crippen LogP contribution in [0.4, 0.5) is 0 Å². The third kappa shape index (κ3) is 6.48. The van der Waals surface area contributed by atoms with Crippen LogP contribution >= 0.6 is 12.4 Å². The molecule has 0 aliphatic rings. The Hall–Kier alpha value is -1.92. The van der Waals surface area contributed by atoms with Gasteiger partial charge >= 0.3 is 0 Å². The molecule has 2 rings (SSSR count). The first-order chi connectivity index (χ1) is 11.5. The summed E-state index contributed by atoms with van der Waals surface area (Å²) in [5, 5.41) is 9.94. The average molecular weight is 367 g/mol. The highest BCUT2D eigenvalue weighted by molar-refractivity contribution is 5.85. The molecule has 138 valence electrons. The number of likely N-dealkylation sites (N-methyl/N-ethyl adjacent to an activating group) is 1. The Morgan fingerprint density at radius 1 is 1.20 bits per heavy atom. The quantitative estimate of drug-likeness (QED) is 0.750. The Balaban J connectivity index is 0.00000312. The van der Waals surface area contributed by atoms with E-state index >= 15 is 0 Å². The van der Waals surface area contributed by atoms with Gasteiger partial charge in [0.25, 0.3) is 0 Å². The first-order valence-electron chi connectivity index (χ1n) is 8.36. The summed E-state index contributed by atoms with van der Waals surface area (Å²) in [6.07, 6.45) is 0.779. The summed E-state index contributed by atoms with van der Waals surface area (Å²) in [5.41, 5.74) is 2.19. The molecule has 0 fully saturated rings. The molecule has 0 saturated heterocycles. The maximum absolute atomic E-state index is 11.8. The van der Waals surface area contributed by atoms with Crippen molar-refractivity contribution in [1.82, 2.24) is 20.8 Å². The van der Waals surface area contributed by atoms with Crippen molar-refractivity contribution in [3.05, 3.63) is 35.7 Å². The van der Waals surface area contributed by atoms with E-state index in [1.807, 2.05) is 26.1 Å². The molecule has 0 saturated carbocycles. The molecule has 0 spiro atoms. The molecule has 1 unspecified atom stereocenters. The fraction of sp³-hybridized carbons (Fsp3) is 0.500. The minimum absolute atomic E-state index is 0. The number of halogens is 1. The average Bonchev–Trinajstić information content (AvgIpc) is 3.06. The summed E-state index contributed by atoms with van der Waals surface area (Å²) in [6, 6.07) is 8.39. The van der Waals surface area contributed by atoms with Crippen LogP contribution in [0.3, 0.4) is 0 Å². The van der Waals surface area contributed by atoms with Crippen LogP contribution in [0.25, 0.3) is 11.4 Å². The Bertz CT molecular complexity index is 655. The van der Waals surface area contributed by atoms with Crippen molar-refractivity contribution in [2.45, 2.75) is 45.6 Å². The second-order valence-corrected chi connectivity index (χ2v) is 6.28. The van der Waals surface area contributed by atoms with Gasteiger partial charge in [0, 0.05) is 31.0 Å². The Labute approximate surface area is 155 Å². The molecular weight excluding hydrogens is 340 g/mol. The third-order valence-corrected chi connectivity index (χ3v) is 3.97. The summed E-state index contributed by atoms with van der Waals surface area (Å²) in [6.45, 7) is 6.93. The van der Waals surface area contributed by atoms with Crippen molar-refractivity contribution >= 4 is 18.3 Å². The standard InChI is InChI=1S/C18H26N4O2.ClH/c1-12(2)14-5-7-15(8-6-14)18-21-17(24-22-18)10-9-16(23)20-11-13(3)19-4;/h5-8,12-13,19H,9-11H2,1-4H3,(H,20,23);1H. The van der Waals surface area contributed by atoms with Crippen LogP contribution in [0.1, 0.15) is 44.6 Å². The lowest BCUT2D eigenvalue weighted by Gasteiger charge is -2.10. The molecule has 25 heavy (non-hydrogen) atoms. The Morgan fingerprint density at radius 3 is 2.48 bits per heavy atom. The number of benzene rings is 1. The topological polar surface area (TPSA) is 80.0 Å². The second kappa shape index (κ2) is 10.2. The number of hydrogen-bond donors (Lipinski definition) is 2. The van der Waals surface area contributed by atoms with Gasteiger partial charge < -0.3 is 15.2 Å². The number of aryl methyl sites for hydroxylation is 1. The summed E-state index contributed by atoms with van der Waals surface area (Å²) >= 11 is 0. The minimum Gasteiger partial charge on any atom is -0.355 e. The smallest absolute Gasteiger partial charge is 0.227 e. The molecule has 1 aromatic carbocycles. The largest absolute Gasteiger partial charge is 0.355 e. The Morgan fingerprint density at radius 2 is 1.88 bits per heavy atom. The van der Waals surface area contributed by atoms with Gasteiger partial charge in [0.05, 0.1) is 0 Å². The molecular formula is C18H27ClN4O2. The lowest BCUT2D eigenvalue weighted by atomic mass is 10.0. The number of rotatable bonds is 8. The molecule has 0 radical (unpaired) electrons. The zero-order chi connectivity index (χ0) is 17.5. The number of carbonyl (C=O) groups is 1. The molecule has 0 bridgehead atoms. The highest BCUT2D eigenvalue weighted by Gasteiger charge is 2.11. The molecule has 0 aliphatic heterocycles. The van der Waals surface area contributed by atoms with Gasteiger partial charge in [0.1, 0.15) is 0 Å². The predicted molar refractivity (Wildman–Crippen MR) is 101 cm³/mol. The monoisotopic (exact) mass is 366 g/mol. The third-order valence-electron chi connectivity index (χ3n) is 3.97. The molecule has 2 aromatic rings. The zero-order valence-electron chi connectivity index (χ0n) is 15.2. The molecule has 0 aliphatic carbocycles.